The van der Waals surface area contributed by atoms with Gasteiger partial charge in [0.05, 0.1) is 18.0 Å². The largest absolute Gasteiger partial charge is 0.368 e. The Morgan fingerprint density at radius 1 is 1.58 bits per heavy atom. The number of hydrogen-bond acceptors (Lipinski definition) is 4. The van der Waals surface area contributed by atoms with Crippen LogP contribution in [-0.2, 0) is 9.53 Å². The molecular formula is C13H18ClN3O2. The molecule has 2 rings (SSSR count). The summed E-state index contributed by atoms with van der Waals surface area (Å²) in [6.07, 6.45) is 3.62. The van der Waals surface area contributed by atoms with Gasteiger partial charge in [-0.3, -0.25) is 4.79 Å². The SMILES string of the molecule is Cc1cc(NC(=O)COC2CCNCC2)cnc1Cl. The van der Waals surface area contributed by atoms with Gasteiger partial charge in [0.2, 0.25) is 5.91 Å². The number of pyridine rings is 1. The summed E-state index contributed by atoms with van der Waals surface area (Å²) in [7, 11) is 0. The lowest BCUT2D eigenvalue weighted by Crippen LogP contribution is -2.34. The zero-order valence-electron chi connectivity index (χ0n) is 10.9. The molecule has 6 heteroatoms. The summed E-state index contributed by atoms with van der Waals surface area (Å²) < 4.78 is 5.57. The highest BCUT2D eigenvalue weighted by Gasteiger charge is 2.15. The number of carbonyl (C=O) groups is 1. The number of rotatable bonds is 4. The number of nitrogens with one attached hydrogen (secondary N) is 2. The Morgan fingerprint density at radius 2 is 2.32 bits per heavy atom. The Kier molecular flexibility index (Phi) is 5.13. The first-order valence-electron chi connectivity index (χ1n) is 6.39. The quantitative estimate of drug-likeness (QED) is 0.827. The molecule has 2 N–H and O–H groups in total. The van der Waals surface area contributed by atoms with Gasteiger partial charge in [0.1, 0.15) is 11.8 Å². The van der Waals surface area contributed by atoms with Gasteiger partial charge in [-0.15, -0.1) is 0 Å². The molecule has 0 spiro atoms. The van der Waals surface area contributed by atoms with Crippen LogP contribution in [0, 0.1) is 6.92 Å². The molecule has 1 saturated heterocycles. The van der Waals surface area contributed by atoms with Gasteiger partial charge in [-0.25, -0.2) is 4.98 Å². The number of amides is 1. The molecule has 0 unspecified atom stereocenters. The van der Waals surface area contributed by atoms with E-state index in [-0.39, 0.29) is 18.6 Å². The zero-order valence-corrected chi connectivity index (χ0v) is 11.7. The van der Waals surface area contributed by atoms with Crippen LogP contribution in [0.5, 0.6) is 0 Å². The maximum atomic E-state index is 11.7. The summed E-state index contributed by atoms with van der Waals surface area (Å²) >= 11 is 5.83. The average molecular weight is 284 g/mol. The van der Waals surface area contributed by atoms with E-state index in [1.807, 2.05) is 6.92 Å². The van der Waals surface area contributed by atoms with Gasteiger partial charge < -0.3 is 15.4 Å². The van der Waals surface area contributed by atoms with Crippen molar-refractivity contribution in [2.45, 2.75) is 25.9 Å². The number of aryl methyl sites for hydroxylation is 1. The molecule has 5 nitrogen and oxygen atoms in total. The summed E-state index contributed by atoms with van der Waals surface area (Å²) in [5.41, 5.74) is 1.47. The van der Waals surface area contributed by atoms with Crippen LogP contribution in [0.25, 0.3) is 0 Å². The minimum Gasteiger partial charge on any atom is -0.368 e. The number of aromatic nitrogens is 1. The fraction of sp³-hybridized carbons (Fsp3) is 0.538. The van der Waals surface area contributed by atoms with Crippen LogP contribution < -0.4 is 10.6 Å². The molecular weight excluding hydrogens is 266 g/mol. The molecule has 1 amide bonds. The molecule has 19 heavy (non-hydrogen) atoms. The normalized spacial score (nSPS) is 16.3. The van der Waals surface area contributed by atoms with Crippen molar-refractivity contribution < 1.29 is 9.53 Å². The van der Waals surface area contributed by atoms with E-state index in [0.717, 1.165) is 31.5 Å². The van der Waals surface area contributed by atoms with Crippen LogP contribution in [0.3, 0.4) is 0 Å². The van der Waals surface area contributed by atoms with E-state index in [0.29, 0.717) is 10.8 Å². The minimum absolute atomic E-state index is 0.0757. The van der Waals surface area contributed by atoms with Gasteiger partial charge in [-0.1, -0.05) is 11.6 Å². The Labute approximate surface area is 117 Å². The second kappa shape index (κ2) is 6.84. The maximum absolute atomic E-state index is 11.7. The predicted octanol–water partition coefficient (Wildman–Crippen LogP) is 1.75. The molecule has 104 valence electrons. The number of piperidine rings is 1. The van der Waals surface area contributed by atoms with Crippen molar-refractivity contribution in [2.24, 2.45) is 0 Å². The number of anilines is 1. The van der Waals surface area contributed by atoms with Crippen molar-refractivity contribution in [1.82, 2.24) is 10.3 Å². The molecule has 1 aliphatic heterocycles. The van der Waals surface area contributed by atoms with E-state index < -0.39 is 0 Å². The second-order valence-corrected chi connectivity index (χ2v) is 5.00. The first-order valence-corrected chi connectivity index (χ1v) is 6.77. The smallest absolute Gasteiger partial charge is 0.250 e. The van der Waals surface area contributed by atoms with Gasteiger partial charge in [-0.05, 0) is 44.5 Å². The molecule has 2 heterocycles. The van der Waals surface area contributed by atoms with Crippen LogP contribution in [-0.4, -0.2) is 36.7 Å². The lowest BCUT2D eigenvalue weighted by molar-refractivity contribution is -0.123. The van der Waals surface area contributed by atoms with E-state index in [9.17, 15) is 4.79 Å². The highest BCUT2D eigenvalue weighted by molar-refractivity contribution is 6.30. The Balaban J connectivity index is 1.78. The Hall–Kier alpha value is -1.17. The molecule has 1 fully saturated rings. The van der Waals surface area contributed by atoms with Crippen LogP contribution in [0.1, 0.15) is 18.4 Å². The lowest BCUT2D eigenvalue weighted by atomic mass is 10.1. The summed E-state index contributed by atoms with van der Waals surface area (Å²) in [5, 5.41) is 6.45. The average Bonchev–Trinajstić information content (AvgIpc) is 2.42. The highest BCUT2D eigenvalue weighted by Crippen LogP contribution is 2.16. The van der Waals surface area contributed by atoms with E-state index in [2.05, 4.69) is 15.6 Å². The zero-order chi connectivity index (χ0) is 13.7. The maximum Gasteiger partial charge on any atom is 0.250 e. The van der Waals surface area contributed by atoms with Gasteiger partial charge in [-0.2, -0.15) is 0 Å². The third-order valence-electron chi connectivity index (χ3n) is 3.03. The third kappa shape index (κ3) is 4.45. The highest BCUT2D eigenvalue weighted by atomic mass is 35.5. The molecule has 0 atom stereocenters. The van der Waals surface area contributed by atoms with E-state index >= 15 is 0 Å². The number of halogens is 1. The first kappa shape index (κ1) is 14.2. The third-order valence-corrected chi connectivity index (χ3v) is 3.43. The van der Waals surface area contributed by atoms with E-state index in [1.54, 1.807) is 6.07 Å². The van der Waals surface area contributed by atoms with Crippen molar-refractivity contribution in [3.05, 3.63) is 23.0 Å². The second-order valence-electron chi connectivity index (χ2n) is 4.64. The van der Waals surface area contributed by atoms with Gasteiger partial charge in [0, 0.05) is 0 Å². The predicted molar refractivity (Wildman–Crippen MR) is 74.5 cm³/mol. The van der Waals surface area contributed by atoms with E-state index in [4.69, 9.17) is 16.3 Å². The molecule has 1 aromatic heterocycles. The minimum atomic E-state index is -0.165. The Morgan fingerprint density at radius 3 is 3.00 bits per heavy atom. The Bertz CT molecular complexity index is 448. The number of nitrogens with zero attached hydrogens (tertiary/aromatic N) is 1. The summed E-state index contributed by atoms with van der Waals surface area (Å²) in [6.45, 7) is 3.82. The summed E-state index contributed by atoms with van der Waals surface area (Å²) in [4.78, 5) is 15.7. The van der Waals surface area contributed by atoms with Gasteiger partial charge >= 0.3 is 0 Å². The van der Waals surface area contributed by atoms with Crippen molar-refractivity contribution in [3.8, 4) is 0 Å². The molecule has 0 radical (unpaired) electrons. The van der Waals surface area contributed by atoms with Crippen molar-refractivity contribution in [1.29, 1.82) is 0 Å². The van der Waals surface area contributed by atoms with Crippen molar-refractivity contribution >= 4 is 23.2 Å². The van der Waals surface area contributed by atoms with Crippen LogP contribution in [0.15, 0.2) is 12.3 Å². The molecule has 0 bridgehead atoms. The fourth-order valence-electron chi connectivity index (χ4n) is 1.98. The molecule has 1 aliphatic rings. The van der Waals surface area contributed by atoms with Gasteiger partial charge in [0.15, 0.2) is 0 Å². The molecule has 0 aromatic carbocycles. The molecule has 0 aliphatic carbocycles. The summed E-state index contributed by atoms with van der Waals surface area (Å²) in [6, 6.07) is 1.79. The number of hydrogen-bond donors (Lipinski definition) is 2. The van der Waals surface area contributed by atoms with Crippen LogP contribution >= 0.6 is 11.6 Å². The molecule has 1 aromatic rings. The lowest BCUT2D eigenvalue weighted by Gasteiger charge is -2.22. The summed E-state index contributed by atoms with van der Waals surface area (Å²) in [5.74, 6) is -0.165. The van der Waals surface area contributed by atoms with Crippen LogP contribution in [0.2, 0.25) is 5.15 Å². The first-order chi connectivity index (χ1) is 9.15. The van der Waals surface area contributed by atoms with Crippen LogP contribution in [0.4, 0.5) is 5.69 Å². The standard InChI is InChI=1S/C13H18ClN3O2/c1-9-6-10(7-16-13(9)14)17-12(18)8-19-11-2-4-15-5-3-11/h6-7,11,15H,2-5,8H2,1H3,(H,17,18). The van der Waals surface area contributed by atoms with Crippen molar-refractivity contribution in [3.63, 3.8) is 0 Å². The topological polar surface area (TPSA) is 63.2 Å². The molecule has 0 saturated carbocycles. The van der Waals surface area contributed by atoms with E-state index in [1.165, 1.54) is 6.20 Å². The fourth-order valence-corrected chi connectivity index (χ4v) is 2.08. The number of carbonyl (C=O) groups excluding carboxylic acids is 1. The van der Waals surface area contributed by atoms with Gasteiger partial charge in [0.25, 0.3) is 0 Å². The van der Waals surface area contributed by atoms with Crippen molar-refractivity contribution in [2.75, 3.05) is 25.0 Å². The monoisotopic (exact) mass is 283 g/mol. The number of ether oxygens (including phenoxy) is 1.